The number of nitrogens with zero attached hydrogens (tertiary/aromatic N) is 1. The first kappa shape index (κ1) is 16.5. The molecule has 1 saturated heterocycles. The Hall–Kier alpha value is -0.570. The minimum atomic E-state index is 0.283. The topological polar surface area (TPSA) is 46.3 Å². The maximum atomic E-state index is 12.1. The van der Waals surface area contributed by atoms with E-state index >= 15 is 0 Å². The van der Waals surface area contributed by atoms with Crippen LogP contribution in [0.15, 0.2) is 0 Å². The lowest BCUT2D eigenvalue weighted by molar-refractivity contribution is -0.130. The molecule has 2 N–H and O–H groups in total. The smallest absolute Gasteiger partial charge is 0.222 e. The summed E-state index contributed by atoms with van der Waals surface area (Å²) in [6.07, 6.45) is 6.22. The highest BCUT2D eigenvalue weighted by atomic mass is 16.2. The van der Waals surface area contributed by atoms with Crippen LogP contribution in [0.3, 0.4) is 0 Å². The number of unbranched alkanes of at least 4 members (excludes halogenated alkanes) is 1. The van der Waals surface area contributed by atoms with Gasteiger partial charge >= 0.3 is 0 Å². The van der Waals surface area contributed by atoms with Crippen LogP contribution in [-0.4, -0.2) is 29.9 Å². The van der Waals surface area contributed by atoms with Crippen molar-refractivity contribution >= 4 is 5.91 Å². The third kappa shape index (κ3) is 5.94. The first-order valence-corrected chi connectivity index (χ1v) is 7.84. The predicted octanol–water partition coefficient (Wildman–Crippen LogP) is 3.18. The molecule has 19 heavy (non-hydrogen) atoms. The first-order valence-electron chi connectivity index (χ1n) is 7.84. The average molecular weight is 268 g/mol. The van der Waals surface area contributed by atoms with Crippen molar-refractivity contribution in [1.82, 2.24) is 4.90 Å². The summed E-state index contributed by atoms with van der Waals surface area (Å²) in [5.74, 6) is 1.03. The Kier molecular flexibility index (Phi) is 6.31. The van der Waals surface area contributed by atoms with Gasteiger partial charge in [-0.05, 0) is 43.9 Å². The number of rotatable bonds is 5. The van der Waals surface area contributed by atoms with Gasteiger partial charge in [0.05, 0.1) is 0 Å². The number of hydrogen-bond donors (Lipinski definition) is 1. The van der Waals surface area contributed by atoms with Crippen LogP contribution in [0.4, 0.5) is 0 Å². The minimum Gasteiger partial charge on any atom is -0.343 e. The van der Waals surface area contributed by atoms with Crippen molar-refractivity contribution in [3.63, 3.8) is 0 Å². The first-order chi connectivity index (χ1) is 8.80. The fraction of sp³-hybridized carbons (Fsp3) is 0.938. The van der Waals surface area contributed by atoms with E-state index in [1.54, 1.807) is 0 Å². The van der Waals surface area contributed by atoms with Crippen LogP contribution in [0.2, 0.25) is 0 Å². The van der Waals surface area contributed by atoms with Gasteiger partial charge in [-0.3, -0.25) is 4.79 Å². The van der Waals surface area contributed by atoms with E-state index in [2.05, 4.69) is 25.7 Å². The number of amides is 1. The average Bonchev–Trinajstić information content (AvgIpc) is 2.46. The molecule has 0 spiro atoms. The van der Waals surface area contributed by atoms with Crippen LogP contribution in [0.1, 0.15) is 66.2 Å². The van der Waals surface area contributed by atoms with Gasteiger partial charge in [0.15, 0.2) is 0 Å². The van der Waals surface area contributed by atoms with Crippen molar-refractivity contribution < 1.29 is 4.79 Å². The van der Waals surface area contributed by atoms with Crippen LogP contribution < -0.4 is 5.73 Å². The summed E-state index contributed by atoms with van der Waals surface area (Å²) in [6.45, 7) is 10.8. The molecule has 0 saturated carbocycles. The van der Waals surface area contributed by atoms with Gasteiger partial charge in [0.25, 0.3) is 0 Å². The second kappa shape index (κ2) is 7.28. The van der Waals surface area contributed by atoms with E-state index in [9.17, 15) is 4.79 Å². The van der Waals surface area contributed by atoms with Gasteiger partial charge in [-0.25, -0.2) is 0 Å². The third-order valence-corrected chi connectivity index (χ3v) is 4.37. The van der Waals surface area contributed by atoms with Gasteiger partial charge in [0.1, 0.15) is 0 Å². The Morgan fingerprint density at radius 2 is 2.00 bits per heavy atom. The number of carbonyl (C=O) groups is 1. The second-order valence-electron chi connectivity index (χ2n) is 7.24. The van der Waals surface area contributed by atoms with Crippen molar-refractivity contribution in [2.24, 2.45) is 17.1 Å². The molecule has 0 aromatic heterocycles. The van der Waals surface area contributed by atoms with Crippen molar-refractivity contribution in [3.8, 4) is 0 Å². The van der Waals surface area contributed by atoms with Gasteiger partial charge < -0.3 is 10.6 Å². The standard InChI is InChI=1S/C16H32N2O/c1-13(17)7-5-6-11-18-12-10-14(16(2,3)4)8-9-15(18)19/h13-14H,5-12,17H2,1-4H3. The van der Waals surface area contributed by atoms with Gasteiger partial charge in [0.2, 0.25) is 5.91 Å². The third-order valence-electron chi connectivity index (χ3n) is 4.37. The van der Waals surface area contributed by atoms with E-state index < -0.39 is 0 Å². The zero-order valence-electron chi connectivity index (χ0n) is 13.2. The Labute approximate surface area is 118 Å². The Balaban J connectivity index is 2.37. The maximum Gasteiger partial charge on any atom is 0.222 e. The summed E-state index contributed by atoms with van der Waals surface area (Å²) in [4.78, 5) is 14.2. The van der Waals surface area contributed by atoms with E-state index in [-0.39, 0.29) is 6.04 Å². The summed E-state index contributed by atoms with van der Waals surface area (Å²) in [5, 5.41) is 0. The number of carbonyl (C=O) groups excluding carboxylic acids is 1. The molecule has 1 fully saturated rings. The van der Waals surface area contributed by atoms with E-state index in [0.29, 0.717) is 17.2 Å². The summed E-state index contributed by atoms with van der Waals surface area (Å²) >= 11 is 0. The number of hydrogen-bond acceptors (Lipinski definition) is 2. The number of nitrogens with two attached hydrogens (primary N) is 1. The van der Waals surface area contributed by atoms with Gasteiger partial charge in [0, 0.05) is 25.6 Å². The van der Waals surface area contributed by atoms with Gasteiger partial charge in [-0.1, -0.05) is 27.2 Å². The number of likely N-dealkylation sites (tertiary alicyclic amines) is 1. The lowest BCUT2D eigenvalue weighted by Crippen LogP contribution is -2.31. The summed E-state index contributed by atoms with van der Waals surface area (Å²) < 4.78 is 0. The normalized spacial score (nSPS) is 23.3. The second-order valence-corrected chi connectivity index (χ2v) is 7.24. The lowest BCUT2D eigenvalue weighted by Gasteiger charge is -2.29. The molecule has 3 nitrogen and oxygen atoms in total. The molecule has 1 heterocycles. The molecule has 0 aliphatic carbocycles. The van der Waals surface area contributed by atoms with Crippen LogP contribution in [-0.2, 0) is 4.79 Å². The Bertz CT molecular complexity index is 281. The molecular weight excluding hydrogens is 236 g/mol. The Morgan fingerprint density at radius 1 is 1.32 bits per heavy atom. The monoisotopic (exact) mass is 268 g/mol. The molecular formula is C16H32N2O. The maximum absolute atomic E-state index is 12.1. The summed E-state index contributed by atoms with van der Waals surface area (Å²) in [6, 6.07) is 0.283. The van der Waals surface area contributed by atoms with E-state index in [1.807, 2.05) is 6.92 Å². The Morgan fingerprint density at radius 3 is 2.58 bits per heavy atom. The summed E-state index contributed by atoms with van der Waals surface area (Å²) in [5.41, 5.74) is 6.07. The van der Waals surface area contributed by atoms with Crippen LogP contribution >= 0.6 is 0 Å². The molecule has 1 amide bonds. The highest BCUT2D eigenvalue weighted by Gasteiger charge is 2.29. The molecule has 1 aliphatic rings. The van der Waals surface area contributed by atoms with Gasteiger partial charge in [-0.15, -0.1) is 0 Å². The van der Waals surface area contributed by atoms with Crippen molar-refractivity contribution in [2.45, 2.75) is 72.3 Å². The highest BCUT2D eigenvalue weighted by molar-refractivity contribution is 5.76. The van der Waals surface area contributed by atoms with Gasteiger partial charge in [-0.2, -0.15) is 0 Å². The molecule has 2 unspecified atom stereocenters. The fourth-order valence-electron chi connectivity index (χ4n) is 2.91. The lowest BCUT2D eigenvalue weighted by atomic mass is 9.77. The highest BCUT2D eigenvalue weighted by Crippen LogP contribution is 2.34. The molecule has 1 rings (SSSR count). The summed E-state index contributed by atoms with van der Waals surface area (Å²) in [7, 11) is 0. The zero-order valence-corrected chi connectivity index (χ0v) is 13.2. The molecule has 0 aromatic rings. The van der Waals surface area contributed by atoms with E-state index in [1.165, 1.54) is 0 Å². The van der Waals surface area contributed by atoms with Crippen LogP contribution in [0.25, 0.3) is 0 Å². The SMILES string of the molecule is CC(N)CCCCN1CCC(C(C)(C)C)CCC1=O. The van der Waals surface area contributed by atoms with Crippen molar-refractivity contribution in [1.29, 1.82) is 0 Å². The minimum absolute atomic E-state index is 0.283. The quantitative estimate of drug-likeness (QED) is 0.778. The zero-order chi connectivity index (χ0) is 14.5. The van der Waals surface area contributed by atoms with Crippen molar-refractivity contribution in [3.05, 3.63) is 0 Å². The van der Waals surface area contributed by atoms with Crippen molar-refractivity contribution in [2.75, 3.05) is 13.1 Å². The molecule has 2 atom stereocenters. The van der Waals surface area contributed by atoms with E-state index in [4.69, 9.17) is 5.73 Å². The van der Waals surface area contributed by atoms with E-state index in [0.717, 1.165) is 51.6 Å². The largest absolute Gasteiger partial charge is 0.343 e. The predicted molar refractivity (Wildman–Crippen MR) is 80.9 cm³/mol. The molecule has 0 bridgehead atoms. The molecule has 0 aromatic carbocycles. The molecule has 1 aliphatic heterocycles. The molecule has 3 heteroatoms. The molecule has 0 radical (unpaired) electrons. The molecule has 112 valence electrons. The fourth-order valence-corrected chi connectivity index (χ4v) is 2.91. The van der Waals surface area contributed by atoms with Crippen LogP contribution in [0, 0.1) is 11.3 Å². The van der Waals surface area contributed by atoms with Crippen LogP contribution in [0.5, 0.6) is 0 Å².